The minimum atomic E-state index is 0. The van der Waals surface area contributed by atoms with Crippen LogP contribution in [-0.2, 0) is 22.2 Å². The van der Waals surface area contributed by atoms with Crippen LogP contribution >= 0.6 is 0 Å². The van der Waals surface area contributed by atoms with E-state index in [0.29, 0.717) is 0 Å². The summed E-state index contributed by atoms with van der Waals surface area (Å²) in [6.45, 7) is 2.00. The maximum atomic E-state index is 8.00. The summed E-state index contributed by atoms with van der Waals surface area (Å²) < 4.78 is 0. The molecule has 0 aliphatic carbocycles. The predicted molar refractivity (Wildman–Crippen MR) is 12.1 cm³/mol. The van der Waals surface area contributed by atoms with Crippen molar-refractivity contribution >= 4 is 6.79 Å². The molecule has 3 heteroatoms. The van der Waals surface area contributed by atoms with Crippen LogP contribution in [0.4, 0.5) is 0 Å². The number of rotatable bonds is 0. The van der Waals surface area contributed by atoms with E-state index in [2.05, 4.69) is 0 Å². The standard InChI is InChI=1S/CH2O.Cr.H3N/c1-2;;/h1H2;;1H3. The molecule has 0 aromatic rings. The van der Waals surface area contributed by atoms with E-state index >= 15 is 0 Å². The molecule has 0 unspecified atom stereocenters. The topological polar surface area (TPSA) is 52.1 Å². The van der Waals surface area contributed by atoms with E-state index in [9.17, 15) is 0 Å². The zero-order chi connectivity index (χ0) is 2.00. The fraction of sp³-hybridized carbons (Fsp3) is 0. The van der Waals surface area contributed by atoms with Gasteiger partial charge in [-0.2, -0.15) is 0 Å². The minimum absolute atomic E-state index is 0. The normalized spacial score (nSPS) is 1.00. The molecule has 3 N–H and O–H groups in total. The minimum Gasteiger partial charge on any atom is -0.344 e. The third-order valence-electron chi connectivity index (χ3n) is 0. The Labute approximate surface area is 35.9 Å². The Morgan fingerprint density at radius 1 is 1.25 bits per heavy atom. The maximum absolute atomic E-state index is 8.00. The fourth-order valence-corrected chi connectivity index (χ4v) is 0. The van der Waals surface area contributed by atoms with E-state index in [4.69, 9.17) is 4.79 Å². The second-order valence-corrected chi connectivity index (χ2v) is 0. The van der Waals surface area contributed by atoms with Crippen LogP contribution in [0.15, 0.2) is 0 Å². The van der Waals surface area contributed by atoms with Crippen molar-refractivity contribution in [3.05, 3.63) is 0 Å². The van der Waals surface area contributed by atoms with Crippen LogP contribution in [0.25, 0.3) is 0 Å². The van der Waals surface area contributed by atoms with Crippen molar-refractivity contribution in [3.8, 4) is 0 Å². The van der Waals surface area contributed by atoms with Crippen LogP contribution < -0.4 is 6.15 Å². The Morgan fingerprint density at radius 3 is 1.25 bits per heavy atom. The first kappa shape index (κ1) is 30.8. The van der Waals surface area contributed by atoms with Crippen LogP contribution in [-0.4, -0.2) is 6.79 Å². The third kappa shape index (κ3) is 111. The van der Waals surface area contributed by atoms with E-state index in [1.54, 1.807) is 0 Å². The predicted octanol–water partition coefficient (Wildman–Crippen LogP) is -0.0254. The number of carbonyl (C=O) groups excluding carboxylic acids is 1. The van der Waals surface area contributed by atoms with Crippen LogP contribution in [0.3, 0.4) is 0 Å². The zero-order valence-corrected chi connectivity index (χ0v) is 3.51. The average molecular weight is 99.1 g/mol. The molecule has 0 amide bonds. The molecule has 2 nitrogen and oxygen atoms in total. The van der Waals surface area contributed by atoms with Gasteiger partial charge in [-0.25, -0.2) is 0 Å². The summed E-state index contributed by atoms with van der Waals surface area (Å²) in [5.74, 6) is 0. The Morgan fingerprint density at radius 2 is 1.25 bits per heavy atom. The second kappa shape index (κ2) is 560. The summed E-state index contributed by atoms with van der Waals surface area (Å²) in [5.41, 5.74) is 0. The first-order chi connectivity index (χ1) is 1.00. The summed E-state index contributed by atoms with van der Waals surface area (Å²) in [6, 6.07) is 0. The van der Waals surface area contributed by atoms with Gasteiger partial charge < -0.3 is 10.9 Å². The molecular formula is CH5CrNO. The molecule has 0 saturated carbocycles. The first-order valence-electron chi connectivity index (χ1n) is 0.289. The summed E-state index contributed by atoms with van der Waals surface area (Å²) in [4.78, 5) is 8.00. The van der Waals surface area contributed by atoms with Gasteiger partial charge in [0.05, 0.1) is 0 Å². The van der Waals surface area contributed by atoms with E-state index in [1.165, 1.54) is 0 Å². The summed E-state index contributed by atoms with van der Waals surface area (Å²) in [7, 11) is 0. The van der Waals surface area contributed by atoms with E-state index in [1.807, 2.05) is 6.79 Å². The van der Waals surface area contributed by atoms with E-state index in [-0.39, 0.29) is 23.5 Å². The molecule has 0 aromatic carbocycles. The molecule has 0 spiro atoms. The van der Waals surface area contributed by atoms with E-state index < -0.39 is 0 Å². The quantitative estimate of drug-likeness (QED) is 0.463. The molecule has 0 aromatic heterocycles. The van der Waals surface area contributed by atoms with Gasteiger partial charge in [0, 0.05) is 17.4 Å². The van der Waals surface area contributed by atoms with Crippen molar-refractivity contribution < 1.29 is 22.2 Å². The maximum Gasteiger partial charge on any atom is 0.106 e. The Kier molecular flexibility index (Phi) is 4310. The van der Waals surface area contributed by atoms with Crippen LogP contribution in [0.5, 0.6) is 0 Å². The van der Waals surface area contributed by atoms with E-state index in [0.717, 1.165) is 0 Å². The SMILES string of the molecule is C=O.N.[Cr]. The monoisotopic (exact) mass is 99.0 g/mol. The first-order valence-corrected chi connectivity index (χ1v) is 0.289. The van der Waals surface area contributed by atoms with Gasteiger partial charge in [-0.3, -0.25) is 0 Å². The van der Waals surface area contributed by atoms with Gasteiger partial charge >= 0.3 is 0 Å². The van der Waals surface area contributed by atoms with Gasteiger partial charge in [0.1, 0.15) is 6.79 Å². The fourth-order valence-electron chi connectivity index (χ4n) is 0. The molecule has 26 valence electrons. The van der Waals surface area contributed by atoms with Gasteiger partial charge in [0.25, 0.3) is 0 Å². The Hall–Kier alpha value is 0.162. The molecule has 0 saturated heterocycles. The molecular weight excluding hydrogens is 94.0 g/mol. The van der Waals surface area contributed by atoms with Crippen molar-refractivity contribution in [2.45, 2.75) is 0 Å². The summed E-state index contributed by atoms with van der Waals surface area (Å²) in [5, 5.41) is 0. The molecule has 0 aliphatic heterocycles. The van der Waals surface area contributed by atoms with Crippen LogP contribution in [0.1, 0.15) is 0 Å². The van der Waals surface area contributed by atoms with Gasteiger partial charge in [0.15, 0.2) is 0 Å². The summed E-state index contributed by atoms with van der Waals surface area (Å²) in [6.07, 6.45) is 0. The van der Waals surface area contributed by atoms with Gasteiger partial charge in [0.2, 0.25) is 0 Å². The van der Waals surface area contributed by atoms with Crippen LogP contribution in [0, 0.1) is 0 Å². The molecule has 0 heterocycles. The van der Waals surface area contributed by atoms with Crippen molar-refractivity contribution in [2.75, 3.05) is 0 Å². The smallest absolute Gasteiger partial charge is 0.106 e. The van der Waals surface area contributed by atoms with Crippen LogP contribution in [0.2, 0.25) is 0 Å². The third-order valence-corrected chi connectivity index (χ3v) is 0. The summed E-state index contributed by atoms with van der Waals surface area (Å²) >= 11 is 0. The Bertz CT molecular complexity index is 8.00. The van der Waals surface area contributed by atoms with Gasteiger partial charge in [-0.15, -0.1) is 0 Å². The van der Waals surface area contributed by atoms with Gasteiger partial charge in [-0.1, -0.05) is 0 Å². The number of carbonyl (C=O) groups is 1. The molecule has 0 bridgehead atoms. The van der Waals surface area contributed by atoms with Crippen molar-refractivity contribution in [3.63, 3.8) is 0 Å². The van der Waals surface area contributed by atoms with Crippen molar-refractivity contribution in [2.24, 2.45) is 0 Å². The molecule has 0 aliphatic rings. The van der Waals surface area contributed by atoms with Crippen molar-refractivity contribution in [1.29, 1.82) is 0 Å². The molecule has 0 atom stereocenters. The Balaban J connectivity index is -0.00000000500. The molecule has 0 radical (unpaired) electrons. The largest absolute Gasteiger partial charge is 0.344 e. The second-order valence-electron chi connectivity index (χ2n) is 0. The number of hydrogen-bond donors (Lipinski definition) is 1. The molecule has 0 rings (SSSR count). The zero-order valence-electron chi connectivity index (χ0n) is 2.23. The van der Waals surface area contributed by atoms with Crippen molar-refractivity contribution in [1.82, 2.24) is 6.15 Å². The number of hydrogen-bond acceptors (Lipinski definition) is 2. The average Bonchev–Trinajstić information content (AvgIpc) is 1.00. The molecule has 4 heavy (non-hydrogen) atoms. The van der Waals surface area contributed by atoms with Gasteiger partial charge in [-0.05, 0) is 0 Å². The molecule has 0 fully saturated rings.